The number of aromatic nitrogens is 1. The third kappa shape index (κ3) is 3.88. The maximum Gasteiger partial charge on any atom is 0.416 e. The zero-order chi connectivity index (χ0) is 20.5. The van der Waals surface area contributed by atoms with Gasteiger partial charge in [-0.3, -0.25) is 4.98 Å². The number of carbonyl (C=O) groups is 1. The Morgan fingerprint density at radius 2 is 1.86 bits per heavy atom. The van der Waals surface area contributed by atoms with Gasteiger partial charge in [-0.15, -0.1) is 0 Å². The molecular weight excluding hydrogens is 383 g/mol. The molecule has 0 saturated carbocycles. The molecule has 0 aliphatic heterocycles. The molecule has 2 aromatic carbocycles. The van der Waals surface area contributed by atoms with E-state index in [1.54, 1.807) is 6.92 Å². The number of pyridine rings is 1. The van der Waals surface area contributed by atoms with Gasteiger partial charge in [0.05, 0.1) is 23.4 Å². The predicted molar refractivity (Wildman–Crippen MR) is 92.3 cm³/mol. The van der Waals surface area contributed by atoms with Gasteiger partial charge in [0.25, 0.3) is 0 Å². The first-order valence-corrected chi connectivity index (χ1v) is 8.10. The van der Waals surface area contributed by atoms with Crippen LogP contribution in [0.1, 0.15) is 22.8 Å². The fourth-order valence-corrected chi connectivity index (χ4v) is 2.59. The van der Waals surface area contributed by atoms with Gasteiger partial charge in [-0.25, -0.2) is 13.6 Å². The fraction of sp³-hybridized carbons (Fsp3) is 0.158. The summed E-state index contributed by atoms with van der Waals surface area (Å²) in [5.74, 6) is -2.95. The van der Waals surface area contributed by atoms with E-state index in [-0.39, 0.29) is 34.4 Å². The number of fused-ring (bicyclic) bond motifs is 1. The van der Waals surface area contributed by atoms with Crippen LogP contribution in [0.2, 0.25) is 0 Å². The van der Waals surface area contributed by atoms with Gasteiger partial charge in [-0.1, -0.05) is 6.07 Å². The first-order valence-electron chi connectivity index (χ1n) is 8.10. The topological polar surface area (TPSA) is 51.2 Å². The summed E-state index contributed by atoms with van der Waals surface area (Å²) in [4.78, 5) is 16.1. The fourth-order valence-electron chi connectivity index (χ4n) is 2.59. The van der Waals surface area contributed by atoms with Crippen molar-refractivity contribution in [2.24, 2.45) is 0 Å². The van der Waals surface area contributed by atoms with E-state index in [4.69, 9.17) is 4.74 Å². The van der Waals surface area contributed by atoms with Crippen molar-refractivity contribution in [2.45, 2.75) is 13.1 Å². The SMILES string of the molecule is CCOC(=O)c1cnc2cc(C(F)(F)F)ccc2c1Nc1ccc(F)c(F)c1. The number of esters is 1. The molecule has 3 aromatic rings. The number of alkyl halides is 3. The predicted octanol–water partition coefficient (Wildman–Crippen LogP) is 5.45. The molecule has 1 heterocycles. The molecular formula is C19H13F5N2O2. The lowest BCUT2D eigenvalue weighted by Crippen LogP contribution is -2.10. The molecule has 0 saturated heterocycles. The number of halogens is 5. The number of hydrogen-bond acceptors (Lipinski definition) is 4. The van der Waals surface area contributed by atoms with Gasteiger partial charge in [-0.2, -0.15) is 13.2 Å². The molecule has 0 spiro atoms. The minimum absolute atomic E-state index is 0.0343. The highest BCUT2D eigenvalue weighted by atomic mass is 19.4. The summed E-state index contributed by atoms with van der Waals surface area (Å²) in [6.45, 7) is 1.65. The van der Waals surface area contributed by atoms with Crippen molar-refractivity contribution >= 4 is 28.2 Å². The summed E-state index contributed by atoms with van der Waals surface area (Å²) in [5.41, 5.74) is -0.831. The molecule has 0 radical (unpaired) electrons. The maximum absolute atomic E-state index is 13.5. The van der Waals surface area contributed by atoms with E-state index < -0.39 is 29.3 Å². The lowest BCUT2D eigenvalue weighted by Gasteiger charge is -2.15. The highest BCUT2D eigenvalue weighted by Crippen LogP contribution is 2.35. The molecule has 146 valence electrons. The van der Waals surface area contributed by atoms with Crippen molar-refractivity contribution in [3.8, 4) is 0 Å². The second-order valence-corrected chi connectivity index (χ2v) is 5.75. The highest BCUT2D eigenvalue weighted by molar-refractivity contribution is 6.06. The molecule has 0 aliphatic rings. The van der Waals surface area contributed by atoms with Crippen LogP contribution in [0.4, 0.5) is 33.3 Å². The number of benzene rings is 2. The molecule has 0 amide bonds. The lowest BCUT2D eigenvalue weighted by molar-refractivity contribution is -0.137. The van der Waals surface area contributed by atoms with Gasteiger partial charge in [0.2, 0.25) is 0 Å². The van der Waals surface area contributed by atoms with E-state index in [1.807, 2.05) is 0 Å². The number of ether oxygens (including phenoxy) is 1. The average molecular weight is 396 g/mol. The molecule has 1 aromatic heterocycles. The van der Waals surface area contributed by atoms with Crippen molar-refractivity contribution in [1.29, 1.82) is 0 Å². The number of nitrogens with one attached hydrogen (secondary N) is 1. The second-order valence-electron chi connectivity index (χ2n) is 5.75. The molecule has 0 fully saturated rings. The van der Waals surface area contributed by atoms with Crippen molar-refractivity contribution in [3.63, 3.8) is 0 Å². The maximum atomic E-state index is 13.5. The number of hydrogen-bond donors (Lipinski definition) is 1. The van der Waals surface area contributed by atoms with Crippen LogP contribution in [0, 0.1) is 11.6 Å². The molecule has 1 N–H and O–H groups in total. The van der Waals surface area contributed by atoms with E-state index in [0.29, 0.717) is 0 Å². The third-order valence-corrected chi connectivity index (χ3v) is 3.88. The Bertz CT molecular complexity index is 1050. The minimum Gasteiger partial charge on any atom is -0.462 e. The molecule has 0 aliphatic carbocycles. The van der Waals surface area contributed by atoms with Crippen LogP contribution in [0.3, 0.4) is 0 Å². The molecule has 3 rings (SSSR count). The first kappa shape index (κ1) is 19.5. The van der Waals surface area contributed by atoms with Crippen molar-refractivity contribution in [2.75, 3.05) is 11.9 Å². The normalized spacial score (nSPS) is 11.5. The second kappa shape index (κ2) is 7.41. The van der Waals surface area contributed by atoms with Gasteiger partial charge < -0.3 is 10.1 Å². The number of rotatable bonds is 4. The van der Waals surface area contributed by atoms with Crippen LogP contribution in [-0.4, -0.2) is 17.6 Å². The van der Waals surface area contributed by atoms with Crippen LogP contribution < -0.4 is 5.32 Å². The Morgan fingerprint density at radius 3 is 2.50 bits per heavy atom. The lowest BCUT2D eigenvalue weighted by atomic mass is 10.1. The van der Waals surface area contributed by atoms with Crippen molar-refractivity contribution in [3.05, 3.63) is 65.4 Å². The summed E-state index contributed by atoms with van der Waals surface area (Å²) < 4.78 is 70.5. The van der Waals surface area contributed by atoms with E-state index in [1.165, 1.54) is 6.07 Å². The summed E-state index contributed by atoms with van der Waals surface area (Å²) in [6.07, 6.45) is -3.49. The summed E-state index contributed by atoms with van der Waals surface area (Å²) >= 11 is 0. The van der Waals surface area contributed by atoms with Crippen LogP contribution in [-0.2, 0) is 10.9 Å². The molecule has 0 atom stereocenters. The summed E-state index contributed by atoms with van der Waals surface area (Å²) in [5, 5.41) is 2.94. The highest BCUT2D eigenvalue weighted by Gasteiger charge is 2.31. The number of nitrogens with zero attached hydrogens (tertiary/aromatic N) is 1. The largest absolute Gasteiger partial charge is 0.462 e. The van der Waals surface area contributed by atoms with E-state index in [2.05, 4.69) is 10.3 Å². The van der Waals surface area contributed by atoms with Crippen LogP contribution in [0.15, 0.2) is 42.6 Å². The quantitative estimate of drug-likeness (QED) is 0.471. The zero-order valence-electron chi connectivity index (χ0n) is 14.4. The molecule has 4 nitrogen and oxygen atoms in total. The summed E-state index contributed by atoms with van der Waals surface area (Å²) in [7, 11) is 0. The Kier molecular flexibility index (Phi) is 5.17. The van der Waals surface area contributed by atoms with Crippen LogP contribution in [0.5, 0.6) is 0 Å². The third-order valence-electron chi connectivity index (χ3n) is 3.88. The minimum atomic E-state index is -4.57. The van der Waals surface area contributed by atoms with Gasteiger partial charge >= 0.3 is 12.1 Å². The van der Waals surface area contributed by atoms with Crippen LogP contribution in [0.25, 0.3) is 10.9 Å². The Morgan fingerprint density at radius 1 is 1.11 bits per heavy atom. The van der Waals surface area contributed by atoms with Gasteiger partial charge in [0.1, 0.15) is 5.56 Å². The molecule has 0 bridgehead atoms. The van der Waals surface area contributed by atoms with Crippen molar-refractivity contribution in [1.82, 2.24) is 4.98 Å². The van der Waals surface area contributed by atoms with E-state index in [9.17, 15) is 26.7 Å². The standard InChI is InChI=1S/C19H13F5N2O2/c1-2-28-18(27)13-9-25-16-7-10(19(22,23)24)3-5-12(16)17(13)26-11-4-6-14(20)15(21)8-11/h3-9H,2H2,1H3,(H,25,26). The Hall–Kier alpha value is -3.23. The van der Waals surface area contributed by atoms with Gasteiger partial charge in [0, 0.05) is 23.3 Å². The molecule has 28 heavy (non-hydrogen) atoms. The average Bonchev–Trinajstić information content (AvgIpc) is 2.64. The number of anilines is 2. The zero-order valence-corrected chi connectivity index (χ0v) is 14.4. The Balaban J connectivity index is 2.17. The number of carbonyl (C=O) groups excluding carboxylic acids is 1. The smallest absolute Gasteiger partial charge is 0.416 e. The van der Waals surface area contributed by atoms with Crippen LogP contribution >= 0.6 is 0 Å². The van der Waals surface area contributed by atoms with Crippen molar-refractivity contribution < 1.29 is 31.5 Å². The summed E-state index contributed by atoms with van der Waals surface area (Å²) in [6, 6.07) is 5.79. The first-order chi connectivity index (χ1) is 13.2. The van der Waals surface area contributed by atoms with E-state index >= 15 is 0 Å². The van der Waals surface area contributed by atoms with Gasteiger partial charge in [0.15, 0.2) is 11.6 Å². The molecule has 9 heteroatoms. The Labute approximate surface area is 156 Å². The molecule has 0 unspecified atom stereocenters. The van der Waals surface area contributed by atoms with E-state index in [0.717, 1.165) is 36.5 Å². The van der Waals surface area contributed by atoms with Gasteiger partial charge in [-0.05, 0) is 31.2 Å². The monoisotopic (exact) mass is 396 g/mol.